The number of aryl methyl sites for hydroxylation is 1. The van der Waals surface area contributed by atoms with E-state index in [1.54, 1.807) is 0 Å². The van der Waals surface area contributed by atoms with Crippen molar-refractivity contribution in [2.45, 2.75) is 51.7 Å². The predicted molar refractivity (Wildman–Crippen MR) is 124 cm³/mol. The average Bonchev–Trinajstić information content (AvgIpc) is 3.01. The van der Waals surface area contributed by atoms with Gasteiger partial charge in [0.1, 0.15) is 5.60 Å². The van der Waals surface area contributed by atoms with Crippen LogP contribution in [-0.2, 0) is 16.0 Å². The summed E-state index contributed by atoms with van der Waals surface area (Å²) in [5.74, 6) is -0.291. The van der Waals surface area contributed by atoms with E-state index in [0.717, 1.165) is 12.8 Å². The molecule has 1 saturated heterocycles. The minimum Gasteiger partial charge on any atom is -0.443 e. The Morgan fingerprint density at radius 3 is 2.23 bits per heavy atom. The van der Waals surface area contributed by atoms with Gasteiger partial charge in [-0.05, 0) is 70.8 Å². The van der Waals surface area contributed by atoms with Crippen molar-refractivity contribution in [3.63, 3.8) is 0 Å². The van der Waals surface area contributed by atoms with Crippen LogP contribution in [0.25, 0.3) is 11.1 Å². The Balaban J connectivity index is 1.69. The Bertz CT molecular complexity index is 885. The first-order valence-electron chi connectivity index (χ1n) is 11.0. The van der Waals surface area contributed by atoms with Crippen LogP contribution in [0.5, 0.6) is 0 Å². The van der Waals surface area contributed by atoms with Gasteiger partial charge in [-0.3, -0.25) is 4.79 Å². The number of rotatable bonds is 6. The molecule has 5 heteroatoms. The second kappa shape index (κ2) is 9.65. The monoisotopic (exact) mass is 422 g/mol. The number of amides is 2. The molecule has 0 N–H and O–H groups in total. The zero-order valence-electron chi connectivity index (χ0n) is 19.3. The van der Waals surface area contributed by atoms with Crippen molar-refractivity contribution in [1.29, 1.82) is 0 Å². The molecule has 0 saturated carbocycles. The Labute approximate surface area is 186 Å². The van der Waals surface area contributed by atoms with Gasteiger partial charge in [-0.15, -0.1) is 0 Å². The molecule has 166 valence electrons. The number of carbonyl (C=O) groups excluding carboxylic acids is 2. The number of hydrogen-bond acceptors (Lipinski definition) is 4. The van der Waals surface area contributed by atoms with E-state index in [9.17, 15) is 9.59 Å². The zero-order valence-corrected chi connectivity index (χ0v) is 19.3. The summed E-state index contributed by atoms with van der Waals surface area (Å²) in [6, 6.07) is 18.7. The number of carbonyl (C=O) groups is 2. The molecule has 0 bridgehead atoms. The molecule has 0 aromatic heterocycles. The van der Waals surface area contributed by atoms with Gasteiger partial charge in [0, 0.05) is 12.6 Å². The van der Waals surface area contributed by atoms with Crippen LogP contribution in [0.1, 0.15) is 39.2 Å². The SMILES string of the molecule is CN(C)CC1C[C@@H](CCc2ccc(-c3ccccc3)cc2)N(C(=O)OC(C)(C)C)C1=O. The van der Waals surface area contributed by atoms with Crippen LogP contribution < -0.4 is 0 Å². The lowest BCUT2D eigenvalue weighted by atomic mass is 9.98. The molecule has 1 aliphatic heterocycles. The smallest absolute Gasteiger partial charge is 0.417 e. The van der Waals surface area contributed by atoms with E-state index in [0.29, 0.717) is 13.0 Å². The molecule has 1 heterocycles. The summed E-state index contributed by atoms with van der Waals surface area (Å²) in [5, 5.41) is 0. The quantitative estimate of drug-likeness (QED) is 0.657. The fourth-order valence-corrected chi connectivity index (χ4v) is 4.13. The van der Waals surface area contributed by atoms with Crippen molar-refractivity contribution < 1.29 is 14.3 Å². The van der Waals surface area contributed by atoms with Crippen LogP contribution in [0.15, 0.2) is 54.6 Å². The lowest BCUT2D eigenvalue weighted by Gasteiger charge is -2.27. The lowest BCUT2D eigenvalue weighted by Crippen LogP contribution is -2.43. The highest BCUT2D eigenvalue weighted by Crippen LogP contribution is 2.30. The van der Waals surface area contributed by atoms with Crippen LogP contribution >= 0.6 is 0 Å². The first kappa shape index (κ1) is 23.0. The fourth-order valence-electron chi connectivity index (χ4n) is 4.13. The topological polar surface area (TPSA) is 49.9 Å². The summed E-state index contributed by atoms with van der Waals surface area (Å²) in [4.78, 5) is 29.2. The largest absolute Gasteiger partial charge is 0.443 e. The van der Waals surface area contributed by atoms with Crippen molar-refractivity contribution in [1.82, 2.24) is 9.80 Å². The number of likely N-dealkylation sites (tertiary alicyclic amines) is 1. The molecule has 1 aliphatic rings. The third-order valence-corrected chi connectivity index (χ3v) is 5.51. The van der Waals surface area contributed by atoms with Crippen LogP contribution in [0, 0.1) is 5.92 Å². The van der Waals surface area contributed by atoms with Crippen LogP contribution in [0.2, 0.25) is 0 Å². The van der Waals surface area contributed by atoms with Crippen molar-refractivity contribution in [3.05, 3.63) is 60.2 Å². The van der Waals surface area contributed by atoms with E-state index in [1.807, 2.05) is 58.0 Å². The summed E-state index contributed by atoms with van der Waals surface area (Å²) >= 11 is 0. The highest BCUT2D eigenvalue weighted by molar-refractivity contribution is 5.95. The van der Waals surface area contributed by atoms with Crippen molar-refractivity contribution >= 4 is 12.0 Å². The van der Waals surface area contributed by atoms with Gasteiger partial charge in [0.25, 0.3) is 0 Å². The number of imide groups is 1. The predicted octanol–water partition coefficient (Wildman–Crippen LogP) is 5.00. The second-order valence-electron chi connectivity index (χ2n) is 9.64. The molecule has 1 unspecified atom stereocenters. The number of benzene rings is 2. The number of hydrogen-bond donors (Lipinski definition) is 0. The maximum atomic E-state index is 13.0. The fraction of sp³-hybridized carbons (Fsp3) is 0.462. The molecule has 5 nitrogen and oxygen atoms in total. The summed E-state index contributed by atoms with van der Waals surface area (Å²) < 4.78 is 5.54. The van der Waals surface area contributed by atoms with Crippen LogP contribution in [0.3, 0.4) is 0 Å². The molecule has 3 rings (SSSR count). The zero-order chi connectivity index (χ0) is 22.6. The Morgan fingerprint density at radius 2 is 1.65 bits per heavy atom. The minimum absolute atomic E-state index is 0.118. The molecular formula is C26H34N2O3. The summed E-state index contributed by atoms with van der Waals surface area (Å²) in [5.41, 5.74) is 2.95. The van der Waals surface area contributed by atoms with Gasteiger partial charge in [0.15, 0.2) is 0 Å². The molecule has 2 atom stereocenters. The van der Waals surface area contributed by atoms with Gasteiger partial charge in [-0.25, -0.2) is 9.69 Å². The summed E-state index contributed by atoms with van der Waals surface area (Å²) in [6.07, 6.45) is 1.70. The van der Waals surface area contributed by atoms with E-state index < -0.39 is 11.7 Å². The van der Waals surface area contributed by atoms with E-state index >= 15 is 0 Å². The highest BCUT2D eigenvalue weighted by atomic mass is 16.6. The van der Waals surface area contributed by atoms with Gasteiger partial charge in [0.05, 0.1) is 5.92 Å². The molecule has 2 aromatic rings. The molecule has 0 spiro atoms. The lowest BCUT2D eigenvalue weighted by molar-refractivity contribution is -0.131. The van der Waals surface area contributed by atoms with Gasteiger partial charge in [0.2, 0.25) is 5.91 Å². The van der Waals surface area contributed by atoms with E-state index in [-0.39, 0.29) is 17.9 Å². The molecule has 1 fully saturated rings. The summed E-state index contributed by atoms with van der Waals surface area (Å²) in [7, 11) is 3.90. The van der Waals surface area contributed by atoms with Crippen molar-refractivity contribution in [3.8, 4) is 11.1 Å². The minimum atomic E-state index is -0.630. The number of nitrogens with zero attached hydrogens (tertiary/aromatic N) is 2. The van der Waals surface area contributed by atoms with Crippen molar-refractivity contribution in [2.24, 2.45) is 5.92 Å². The van der Waals surface area contributed by atoms with Crippen LogP contribution in [0.4, 0.5) is 4.79 Å². The highest BCUT2D eigenvalue weighted by Gasteiger charge is 2.44. The van der Waals surface area contributed by atoms with Crippen molar-refractivity contribution in [2.75, 3.05) is 20.6 Å². The van der Waals surface area contributed by atoms with E-state index in [2.05, 4.69) is 36.4 Å². The van der Waals surface area contributed by atoms with Crippen LogP contribution in [-0.4, -0.2) is 54.1 Å². The molecule has 31 heavy (non-hydrogen) atoms. The summed E-state index contributed by atoms with van der Waals surface area (Å²) in [6.45, 7) is 6.12. The maximum Gasteiger partial charge on any atom is 0.417 e. The van der Waals surface area contributed by atoms with Gasteiger partial charge in [-0.1, -0.05) is 54.6 Å². The third kappa shape index (κ3) is 6.17. The van der Waals surface area contributed by atoms with Gasteiger partial charge < -0.3 is 9.64 Å². The normalized spacial score (nSPS) is 19.2. The molecule has 0 radical (unpaired) electrons. The Morgan fingerprint density at radius 1 is 1.03 bits per heavy atom. The molecule has 2 aromatic carbocycles. The van der Waals surface area contributed by atoms with E-state index in [4.69, 9.17) is 4.74 Å². The molecule has 0 aliphatic carbocycles. The second-order valence-corrected chi connectivity index (χ2v) is 9.64. The molecule has 2 amide bonds. The van der Waals surface area contributed by atoms with E-state index in [1.165, 1.54) is 21.6 Å². The third-order valence-electron chi connectivity index (χ3n) is 5.51. The Kier molecular flexibility index (Phi) is 7.16. The molecular weight excluding hydrogens is 388 g/mol. The number of ether oxygens (including phenoxy) is 1. The first-order valence-corrected chi connectivity index (χ1v) is 11.0. The van der Waals surface area contributed by atoms with Gasteiger partial charge in [-0.2, -0.15) is 0 Å². The first-order chi connectivity index (χ1) is 14.6. The average molecular weight is 423 g/mol. The Hall–Kier alpha value is -2.66. The maximum absolute atomic E-state index is 13.0. The standard InChI is InChI=1S/C26H34N2O3/c1-26(2,3)31-25(30)28-23(17-22(24(28)29)18-27(4)5)16-13-19-11-14-21(15-12-19)20-9-7-6-8-10-20/h6-12,14-15,22-23H,13,16-18H2,1-5H3/t22?,23-/m1/s1. The van der Waals surface area contributed by atoms with Gasteiger partial charge >= 0.3 is 6.09 Å².